The van der Waals surface area contributed by atoms with Crippen LogP contribution in [0.3, 0.4) is 0 Å². The minimum absolute atomic E-state index is 0.546. The Labute approximate surface area is 99.7 Å². The van der Waals surface area contributed by atoms with Crippen LogP contribution in [0.2, 0.25) is 0 Å². The second-order valence-electron chi connectivity index (χ2n) is 2.86. The summed E-state index contributed by atoms with van der Waals surface area (Å²) in [6.07, 6.45) is 5.24. The van der Waals surface area contributed by atoms with Crippen LogP contribution < -0.4 is 0 Å². The van der Waals surface area contributed by atoms with Crippen LogP contribution in [0.1, 0.15) is 5.56 Å². The molecule has 1 rings (SSSR count). The van der Waals surface area contributed by atoms with Crippen LogP contribution in [0.5, 0.6) is 0 Å². The molecule has 0 fully saturated rings. The van der Waals surface area contributed by atoms with Gasteiger partial charge >= 0.3 is 0 Å². The molecule has 0 aromatic carbocycles. The summed E-state index contributed by atoms with van der Waals surface area (Å²) >= 11 is 11.3. The lowest BCUT2D eigenvalue weighted by Crippen LogP contribution is -2.22. The minimum atomic E-state index is 0.546. The summed E-state index contributed by atoms with van der Waals surface area (Å²) in [5.41, 5.74) is 1.01. The maximum Gasteiger partial charge on any atom is 0.0544 e. The van der Waals surface area contributed by atoms with Crippen molar-refractivity contribution in [2.75, 3.05) is 24.8 Å². The van der Waals surface area contributed by atoms with Crippen molar-refractivity contribution in [1.29, 1.82) is 0 Å². The Kier molecular flexibility index (Phi) is 6.12. The van der Waals surface area contributed by atoms with E-state index < -0.39 is 0 Å². The van der Waals surface area contributed by atoms with Crippen molar-refractivity contribution in [3.8, 4) is 0 Å². The molecule has 0 aliphatic heterocycles. The third-order valence-electron chi connectivity index (χ3n) is 1.76. The normalized spacial score (nSPS) is 10.8. The lowest BCUT2D eigenvalue weighted by Gasteiger charge is -2.15. The SMILES string of the molecule is ClCCN(CCCl)/N=C/c1ccncc1. The first-order valence-corrected chi connectivity index (χ1v) is 5.74. The average molecular weight is 246 g/mol. The monoisotopic (exact) mass is 245 g/mol. The van der Waals surface area contributed by atoms with Gasteiger partial charge in [0.05, 0.1) is 6.21 Å². The molecule has 0 spiro atoms. The zero-order chi connectivity index (χ0) is 10.9. The summed E-state index contributed by atoms with van der Waals surface area (Å²) in [7, 11) is 0. The smallest absolute Gasteiger partial charge is 0.0544 e. The number of hydrogen-bond donors (Lipinski definition) is 0. The van der Waals surface area contributed by atoms with E-state index in [1.807, 2.05) is 17.1 Å². The van der Waals surface area contributed by atoms with Gasteiger partial charge in [-0.05, 0) is 17.7 Å². The van der Waals surface area contributed by atoms with Gasteiger partial charge in [0.2, 0.25) is 0 Å². The Hall–Kier alpha value is -0.800. The topological polar surface area (TPSA) is 28.5 Å². The maximum atomic E-state index is 5.65. The van der Waals surface area contributed by atoms with E-state index in [0.29, 0.717) is 24.8 Å². The molecule has 0 saturated heterocycles. The number of hydrazone groups is 1. The van der Waals surface area contributed by atoms with Gasteiger partial charge in [-0.3, -0.25) is 9.99 Å². The van der Waals surface area contributed by atoms with E-state index >= 15 is 0 Å². The first-order chi connectivity index (χ1) is 7.36. The number of hydrogen-bond acceptors (Lipinski definition) is 3. The lowest BCUT2D eigenvalue weighted by molar-refractivity contribution is 0.327. The number of alkyl halides is 2. The first kappa shape index (κ1) is 12.3. The van der Waals surface area contributed by atoms with Crippen molar-refractivity contribution >= 4 is 29.4 Å². The molecule has 0 saturated carbocycles. The van der Waals surface area contributed by atoms with Crippen molar-refractivity contribution in [2.45, 2.75) is 0 Å². The molecule has 1 aromatic heterocycles. The summed E-state index contributed by atoms with van der Waals surface area (Å²) in [6, 6.07) is 3.78. The van der Waals surface area contributed by atoms with Crippen molar-refractivity contribution in [1.82, 2.24) is 9.99 Å². The van der Waals surface area contributed by atoms with Gasteiger partial charge < -0.3 is 0 Å². The van der Waals surface area contributed by atoms with Crippen LogP contribution >= 0.6 is 23.2 Å². The number of pyridine rings is 1. The highest BCUT2D eigenvalue weighted by molar-refractivity contribution is 6.18. The first-order valence-electron chi connectivity index (χ1n) is 4.67. The fraction of sp³-hybridized carbons (Fsp3) is 0.400. The van der Waals surface area contributed by atoms with Crippen LogP contribution in [0, 0.1) is 0 Å². The molecular weight excluding hydrogens is 233 g/mol. The highest BCUT2D eigenvalue weighted by Gasteiger charge is 1.97. The van der Waals surface area contributed by atoms with Crippen molar-refractivity contribution < 1.29 is 0 Å². The van der Waals surface area contributed by atoms with Gasteiger partial charge in [-0.2, -0.15) is 5.10 Å². The van der Waals surface area contributed by atoms with Gasteiger partial charge in [-0.1, -0.05) is 0 Å². The van der Waals surface area contributed by atoms with E-state index in [1.165, 1.54) is 0 Å². The number of halogens is 2. The van der Waals surface area contributed by atoms with Crippen LogP contribution in [-0.2, 0) is 0 Å². The second-order valence-corrected chi connectivity index (χ2v) is 3.61. The molecule has 0 amide bonds. The van der Waals surface area contributed by atoms with Crippen molar-refractivity contribution in [3.63, 3.8) is 0 Å². The summed E-state index contributed by atoms with van der Waals surface area (Å²) in [6.45, 7) is 1.41. The summed E-state index contributed by atoms with van der Waals surface area (Å²) < 4.78 is 0. The predicted molar refractivity (Wildman–Crippen MR) is 64.8 cm³/mol. The van der Waals surface area contributed by atoms with E-state index in [2.05, 4.69) is 10.1 Å². The largest absolute Gasteiger partial charge is 0.295 e. The third-order valence-corrected chi connectivity index (χ3v) is 2.10. The number of aromatic nitrogens is 1. The van der Waals surface area contributed by atoms with Gasteiger partial charge in [0.15, 0.2) is 0 Å². The zero-order valence-electron chi connectivity index (χ0n) is 8.31. The van der Waals surface area contributed by atoms with Crippen molar-refractivity contribution in [3.05, 3.63) is 30.1 Å². The molecule has 5 heteroatoms. The van der Waals surface area contributed by atoms with Gasteiger partial charge in [0, 0.05) is 37.2 Å². The summed E-state index contributed by atoms with van der Waals surface area (Å²) in [5, 5.41) is 6.13. The van der Waals surface area contributed by atoms with Gasteiger partial charge in [-0.25, -0.2) is 0 Å². The molecule has 0 unspecified atom stereocenters. The van der Waals surface area contributed by atoms with Gasteiger partial charge in [0.1, 0.15) is 0 Å². The maximum absolute atomic E-state index is 5.65. The van der Waals surface area contributed by atoms with Crippen LogP contribution in [0.25, 0.3) is 0 Å². The minimum Gasteiger partial charge on any atom is -0.295 e. The predicted octanol–water partition coefficient (Wildman–Crippen LogP) is 2.20. The van der Waals surface area contributed by atoms with E-state index in [0.717, 1.165) is 5.56 Å². The number of nitrogens with zero attached hydrogens (tertiary/aromatic N) is 3. The summed E-state index contributed by atoms with van der Waals surface area (Å²) in [5.74, 6) is 1.09. The van der Waals surface area contributed by atoms with E-state index in [-0.39, 0.29) is 0 Å². The molecule has 3 nitrogen and oxygen atoms in total. The molecule has 0 aliphatic carbocycles. The van der Waals surface area contributed by atoms with Crippen LogP contribution in [-0.4, -0.2) is 41.1 Å². The molecule has 82 valence electrons. The average Bonchev–Trinajstić information content (AvgIpc) is 2.28. The lowest BCUT2D eigenvalue weighted by atomic mass is 10.3. The Bertz CT molecular complexity index is 284. The standard InChI is InChI=1S/C10H13Cl2N3/c11-3-7-15(8-4-12)14-9-10-1-5-13-6-2-10/h1-2,5-6,9H,3-4,7-8H2/b14-9+. The molecule has 0 atom stereocenters. The molecule has 1 aromatic rings. The highest BCUT2D eigenvalue weighted by Crippen LogP contribution is 1.96. The van der Waals surface area contributed by atoms with Crippen molar-refractivity contribution in [2.24, 2.45) is 5.10 Å². The Morgan fingerprint density at radius 3 is 2.33 bits per heavy atom. The molecule has 0 bridgehead atoms. The third kappa shape index (κ3) is 5.00. The molecule has 15 heavy (non-hydrogen) atoms. The molecule has 1 heterocycles. The van der Waals surface area contributed by atoms with Crippen LogP contribution in [0.4, 0.5) is 0 Å². The Morgan fingerprint density at radius 1 is 1.20 bits per heavy atom. The quantitative estimate of drug-likeness (QED) is 0.437. The molecular formula is C10H13Cl2N3. The fourth-order valence-corrected chi connectivity index (χ4v) is 1.41. The Morgan fingerprint density at radius 2 is 1.80 bits per heavy atom. The molecule has 0 radical (unpaired) electrons. The highest BCUT2D eigenvalue weighted by atomic mass is 35.5. The molecule has 0 aliphatic rings. The fourth-order valence-electron chi connectivity index (χ4n) is 1.02. The van der Waals surface area contributed by atoms with E-state index in [1.54, 1.807) is 18.6 Å². The van der Waals surface area contributed by atoms with Crippen LogP contribution in [0.15, 0.2) is 29.6 Å². The van der Waals surface area contributed by atoms with E-state index in [9.17, 15) is 0 Å². The summed E-state index contributed by atoms with van der Waals surface area (Å²) in [4.78, 5) is 3.93. The molecule has 0 N–H and O–H groups in total. The Balaban J connectivity index is 2.53. The second kappa shape index (κ2) is 7.49. The zero-order valence-corrected chi connectivity index (χ0v) is 9.82. The number of rotatable bonds is 6. The van der Waals surface area contributed by atoms with E-state index in [4.69, 9.17) is 23.2 Å². The van der Waals surface area contributed by atoms with Gasteiger partial charge in [0.25, 0.3) is 0 Å². The van der Waals surface area contributed by atoms with Gasteiger partial charge in [-0.15, -0.1) is 23.2 Å².